The maximum atomic E-state index is 12.6. The third-order valence-electron chi connectivity index (χ3n) is 3.60. The van der Waals surface area contributed by atoms with Crippen molar-refractivity contribution < 1.29 is 14.3 Å². The molecule has 7 heteroatoms. The molecular formula is C19H25N3O4. The molecule has 2 aromatic rings. The van der Waals surface area contributed by atoms with E-state index in [1.807, 2.05) is 13.8 Å². The van der Waals surface area contributed by atoms with Crippen molar-refractivity contribution in [2.24, 2.45) is 5.92 Å². The molecule has 0 spiro atoms. The first kappa shape index (κ1) is 19.6. The molecule has 0 aliphatic rings. The summed E-state index contributed by atoms with van der Waals surface area (Å²) in [5.74, 6) is -0.581. The van der Waals surface area contributed by atoms with Gasteiger partial charge in [-0.1, -0.05) is 32.0 Å². The number of esters is 1. The van der Waals surface area contributed by atoms with Crippen LogP contribution in [0.2, 0.25) is 0 Å². The van der Waals surface area contributed by atoms with Gasteiger partial charge in [0.1, 0.15) is 0 Å². The first-order chi connectivity index (χ1) is 12.3. The van der Waals surface area contributed by atoms with E-state index in [1.165, 1.54) is 4.68 Å². The standard InChI is InChI=1S/C19H25N3O4/c1-12(2)11-22-19(25)15-8-6-5-7-14(15)17(21-22)18(24)20-10-9-16(23)26-13(3)4/h5-8,12-13H,9-11H2,1-4H3,(H,20,24). The van der Waals surface area contributed by atoms with Crippen LogP contribution in [0.5, 0.6) is 0 Å². The van der Waals surface area contributed by atoms with Gasteiger partial charge in [0.2, 0.25) is 0 Å². The van der Waals surface area contributed by atoms with Crippen molar-refractivity contribution in [3.8, 4) is 0 Å². The molecule has 1 aromatic heterocycles. The smallest absolute Gasteiger partial charge is 0.307 e. The van der Waals surface area contributed by atoms with E-state index >= 15 is 0 Å². The highest BCUT2D eigenvalue weighted by atomic mass is 16.5. The van der Waals surface area contributed by atoms with Crippen molar-refractivity contribution in [3.63, 3.8) is 0 Å². The second-order valence-corrected chi connectivity index (χ2v) is 6.82. The lowest BCUT2D eigenvalue weighted by atomic mass is 10.1. The van der Waals surface area contributed by atoms with E-state index in [9.17, 15) is 14.4 Å². The van der Waals surface area contributed by atoms with Crippen LogP contribution in [0.4, 0.5) is 0 Å². The van der Waals surface area contributed by atoms with Crippen molar-refractivity contribution in [2.75, 3.05) is 6.54 Å². The van der Waals surface area contributed by atoms with Crippen molar-refractivity contribution in [3.05, 3.63) is 40.3 Å². The average Bonchev–Trinajstić information content (AvgIpc) is 2.56. The summed E-state index contributed by atoms with van der Waals surface area (Å²) >= 11 is 0. The summed E-state index contributed by atoms with van der Waals surface area (Å²) in [7, 11) is 0. The predicted molar refractivity (Wildman–Crippen MR) is 99.0 cm³/mol. The predicted octanol–water partition coefficient (Wildman–Crippen LogP) is 2.12. The molecule has 1 heterocycles. The molecule has 0 aliphatic carbocycles. The number of amides is 1. The van der Waals surface area contributed by atoms with E-state index in [2.05, 4.69) is 10.4 Å². The Morgan fingerprint density at radius 2 is 1.81 bits per heavy atom. The summed E-state index contributed by atoms with van der Waals surface area (Å²) in [6, 6.07) is 6.90. The number of fused-ring (bicyclic) bond motifs is 1. The molecular weight excluding hydrogens is 334 g/mol. The lowest BCUT2D eigenvalue weighted by molar-refractivity contribution is -0.147. The van der Waals surface area contributed by atoms with Gasteiger partial charge in [0.25, 0.3) is 11.5 Å². The van der Waals surface area contributed by atoms with Crippen LogP contribution in [0.15, 0.2) is 29.1 Å². The van der Waals surface area contributed by atoms with Gasteiger partial charge in [-0.25, -0.2) is 4.68 Å². The van der Waals surface area contributed by atoms with Crippen LogP contribution < -0.4 is 10.9 Å². The number of rotatable bonds is 7. The minimum Gasteiger partial charge on any atom is -0.463 e. The van der Waals surface area contributed by atoms with Crippen molar-refractivity contribution in [2.45, 2.75) is 46.8 Å². The number of aromatic nitrogens is 2. The zero-order chi connectivity index (χ0) is 19.3. The van der Waals surface area contributed by atoms with Gasteiger partial charge in [-0.15, -0.1) is 0 Å². The molecule has 26 heavy (non-hydrogen) atoms. The molecule has 1 amide bonds. The van der Waals surface area contributed by atoms with Crippen LogP contribution in [0, 0.1) is 5.92 Å². The van der Waals surface area contributed by atoms with Crippen LogP contribution in [0.3, 0.4) is 0 Å². The number of carbonyl (C=O) groups excluding carboxylic acids is 2. The highest BCUT2D eigenvalue weighted by Gasteiger charge is 2.17. The molecule has 0 fully saturated rings. The normalized spacial score (nSPS) is 11.2. The van der Waals surface area contributed by atoms with Gasteiger partial charge in [0.15, 0.2) is 5.69 Å². The number of hydrogen-bond acceptors (Lipinski definition) is 5. The maximum Gasteiger partial charge on any atom is 0.307 e. The zero-order valence-electron chi connectivity index (χ0n) is 15.6. The highest BCUT2D eigenvalue weighted by molar-refractivity contribution is 6.04. The fourth-order valence-corrected chi connectivity index (χ4v) is 2.56. The van der Waals surface area contributed by atoms with Crippen LogP contribution in [-0.2, 0) is 16.1 Å². The molecule has 1 aromatic carbocycles. The van der Waals surface area contributed by atoms with Gasteiger partial charge in [0.05, 0.1) is 17.9 Å². The summed E-state index contributed by atoms with van der Waals surface area (Å²) in [5.41, 5.74) is -0.0376. The monoisotopic (exact) mass is 359 g/mol. The van der Waals surface area contributed by atoms with E-state index in [4.69, 9.17) is 4.74 Å². The van der Waals surface area contributed by atoms with Crippen molar-refractivity contribution in [1.29, 1.82) is 0 Å². The number of nitrogens with one attached hydrogen (secondary N) is 1. The summed E-state index contributed by atoms with van der Waals surface area (Å²) in [4.78, 5) is 36.7. The molecule has 0 aliphatic heterocycles. The molecule has 2 rings (SSSR count). The number of nitrogens with zero attached hydrogens (tertiary/aromatic N) is 2. The molecule has 1 N–H and O–H groups in total. The maximum absolute atomic E-state index is 12.6. The molecule has 140 valence electrons. The van der Waals surface area contributed by atoms with Crippen molar-refractivity contribution >= 4 is 22.6 Å². The fraction of sp³-hybridized carbons (Fsp3) is 0.474. The minimum absolute atomic E-state index is 0.0769. The van der Waals surface area contributed by atoms with Crippen molar-refractivity contribution in [1.82, 2.24) is 15.1 Å². The summed E-state index contributed by atoms with van der Waals surface area (Å²) in [6.45, 7) is 8.05. The Morgan fingerprint density at radius 3 is 2.42 bits per heavy atom. The lowest BCUT2D eigenvalue weighted by Crippen LogP contribution is -2.32. The largest absolute Gasteiger partial charge is 0.463 e. The Morgan fingerprint density at radius 1 is 1.15 bits per heavy atom. The second-order valence-electron chi connectivity index (χ2n) is 6.82. The molecule has 0 saturated carbocycles. The van der Waals surface area contributed by atoms with E-state index < -0.39 is 5.91 Å². The molecule has 0 radical (unpaired) electrons. The average molecular weight is 359 g/mol. The highest BCUT2D eigenvalue weighted by Crippen LogP contribution is 2.13. The van der Waals surface area contributed by atoms with Crippen LogP contribution >= 0.6 is 0 Å². The first-order valence-electron chi connectivity index (χ1n) is 8.77. The quantitative estimate of drug-likeness (QED) is 0.765. The van der Waals surface area contributed by atoms with Gasteiger partial charge >= 0.3 is 5.97 Å². The first-order valence-corrected chi connectivity index (χ1v) is 8.77. The second kappa shape index (κ2) is 8.60. The number of ether oxygens (including phenoxy) is 1. The van der Waals surface area contributed by atoms with Crippen LogP contribution in [0.25, 0.3) is 10.8 Å². The van der Waals surface area contributed by atoms with Gasteiger partial charge in [-0.2, -0.15) is 5.10 Å². The SMILES string of the molecule is CC(C)Cn1nc(C(=O)NCCC(=O)OC(C)C)c2ccccc2c1=O. The Hall–Kier alpha value is -2.70. The Labute approximate surface area is 152 Å². The number of carbonyl (C=O) groups is 2. The summed E-state index contributed by atoms with van der Waals surface area (Å²) in [5, 5.41) is 7.89. The topological polar surface area (TPSA) is 90.3 Å². The molecule has 0 atom stereocenters. The van der Waals surface area contributed by atoms with Crippen LogP contribution in [-0.4, -0.2) is 34.3 Å². The minimum atomic E-state index is -0.420. The van der Waals surface area contributed by atoms with Gasteiger partial charge in [-0.05, 0) is 25.8 Å². The van der Waals surface area contributed by atoms with E-state index in [0.717, 1.165) is 0 Å². The fourth-order valence-electron chi connectivity index (χ4n) is 2.56. The third-order valence-corrected chi connectivity index (χ3v) is 3.60. The van der Waals surface area contributed by atoms with Gasteiger partial charge < -0.3 is 10.1 Å². The Balaban J connectivity index is 2.24. The lowest BCUT2D eigenvalue weighted by Gasteiger charge is -2.13. The zero-order valence-corrected chi connectivity index (χ0v) is 15.6. The Kier molecular flexibility index (Phi) is 6.49. The summed E-state index contributed by atoms with van der Waals surface area (Å²) in [6.07, 6.45) is -0.114. The molecule has 0 saturated heterocycles. The summed E-state index contributed by atoms with van der Waals surface area (Å²) < 4.78 is 6.36. The number of hydrogen-bond donors (Lipinski definition) is 1. The molecule has 0 bridgehead atoms. The Bertz CT molecular complexity index is 855. The van der Waals surface area contributed by atoms with Crippen LogP contribution in [0.1, 0.15) is 44.6 Å². The third kappa shape index (κ3) is 4.91. The molecule has 7 nitrogen and oxygen atoms in total. The van der Waals surface area contributed by atoms with Gasteiger partial charge in [0, 0.05) is 18.5 Å². The number of benzene rings is 1. The molecule has 0 unspecified atom stereocenters. The van der Waals surface area contributed by atoms with Gasteiger partial charge in [-0.3, -0.25) is 14.4 Å². The van der Waals surface area contributed by atoms with E-state index in [-0.39, 0.29) is 42.2 Å². The van der Waals surface area contributed by atoms with E-state index in [1.54, 1.807) is 38.1 Å². The van der Waals surface area contributed by atoms with E-state index in [0.29, 0.717) is 17.3 Å².